The molecule has 0 bridgehead atoms. The normalized spacial score (nSPS) is 15.8. The molecule has 0 amide bonds. The van der Waals surface area contributed by atoms with Gasteiger partial charge in [-0.15, -0.1) is 0 Å². The van der Waals surface area contributed by atoms with E-state index < -0.39 is 0 Å². The van der Waals surface area contributed by atoms with Crippen LogP contribution in [0.2, 0.25) is 0 Å². The van der Waals surface area contributed by atoms with Gasteiger partial charge in [0, 0.05) is 28.7 Å². The summed E-state index contributed by atoms with van der Waals surface area (Å²) < 4.78 is 2.26. The fourth-order valence-electron chi connectivity index (χ4n) is 2.14. The molecular weight excluding hydrogens is 186 g/mol. The smallest absolute Gasteiger partial charge is 0.161 e. The minimum Gasteiger partial charge on any atom is -0.344 e. The Balaban J connectivity index is 2.32. The van der Waals surface area contributed by atoms with Gasteiger partial charge in [-0.05, 0) is 25.8 Å². The van der Waals surface area contributed by atoms with Crippen LogP contribution in [-0.4, -0.2) is 10.4 Å². The predicted octanol–water partition coefficient (Wildman–Crippen LogP) is 3.18. The largest absolute Gasteiger partial charge is 0.344 e. The highest BCUT2D eigenvalue weighted by atomic mass is 16.1. The Hall–Kier alpha value is -1.57. The maximum absolute atomic E-state index is 11.5. The van der Waals surface area contributed by atoms with E-state index in [1.807, 2.05) is 24.4 Å². The van der Waals surface area contributed by atoms with E-state index in [9.17, 15) is 4.79 Å². The van der Waals surface area contributed by atoms with Crippen molar-refractivity contribution < 1.29 is 4.79 Å². The van der Waals surface area contributed by atoms with Gasteiger partial charge >= 0.3 is 0 Å². The first-order chi connectivity index (χ1) is 7.27. The number of carbonyl (C=O) groups excluding carboxylic acids is 1. The minimum atomic E-state index is 0.158. The van der Waals surface area contributed by atoms with E-state index in [1.54, 1.807) is 6.92 Å². The van der Waals surface area contributed by atoms with Crippen LogP contribution in [0.15, 0.2) is 30.5 Å². The third-order valence-electron chi connectivity index (χ3n) is 3.06. The third kappa shape index (κ3) is 1.29. The third-order valence-corrected chi connectivity index (χ3v) is 3.06. The van der Waals surface area contributed by atoms with E-state index in [1.165, 1.54) is 18.4 Å². The molecule has 2 nitrogen and oxygen atoms in total. The van der Waals surface area contributed by atoms with Crippen molar-refractivity contribution in [3.8, 4) is 0 Å². The van der Waals surface area contributed by atoms with Gasteiger partial charge in [-0.2, -0.15) is 0 Å². The van der Waals surface area contributed by atoms with Gasteiger partial charge in [0.2, 0.25) is 0 Å². The molecule has 0 unspecified atom stereocenters. The van der Waals surface area contributed by atoms with Crippen molar-refractivity contribution >= 4 is 16.7 Å². The Bertz CT molecular complexity index is 534. The Morgan fingerprint density at radius 3 is 2.73 bits per heavy atom. The van der Waals surface area contributed by atoms with Crippen molar-refractivity contribution in [1.82, 2.24) is 4.57 Å². The number of rotatable bonds is 2. The number of para-hydroxylation sites is 1. The van der Waals surface area contributed by atoms with Crippen LogP contribution in [0.25, 0.3) is 10.9 Å². The molecule has 1 heterocycles. The lowest BCUT2D eigenvalue weighted by Gasteiger charge is -2.00. The van der Waals surface area contributed by atoms with Crippen LogP contribution in [0.5, 0.6) is 0 Å². The molecule has 1 aliphatic carbocycles. The summed E-state index contributed by atoms with van der Waals surface area (Å²) in [5.74, 6) is 0.158. The van der Waals surface area contributed by atoms with Crippen LogP contribution in [-0.2, 0) is 0 Å². The molecule has 0 atom stereocenters. The number of aromatic nitrogens is 1. The van der Waals surface area contributed by atoms with Gasteiger partial charge in [-0.1, -0.05) is 18.2 Å². The van der Waals surface area contributed by atoms with E-state index in [-0.39, 0.29) is 5.78 Å². The first kappa shape index (κ1) is 8.72. The lowest BCUT2D eigenvalue weighted by atomic mass is 10.1. The van der Waals surface area contributed by atoms with Crippen molar-refractivity contribution in [2.45, 2.75) is 25.8 Å². The molecule has 1 fully saturated rings. The average Bonchev–Trinajstić information content (AvgIpc) is 2.99. The zero-order valence-corrected chi connectivity index (χ0v) is 8.73. The molecule has 76 valence electrons. The molecule has 0 N–H and O–H groups in total. The highest BCUT2D eigenvalue weighted by Gasteiger charge is 2.26. The van der Waals surface area contributed by atoms with Crippen LogP contribution in [0.1, 0.15) is 36.2 Å². The van der Waals surface area contributed by atoms with Crippen LogP contribution in [0.3, 0.4) is 0 Å². The summed E-state index contributed by atoms with van der Waals surface area (Å²) in [6, 6.07) is 8.78. The van der Waals surface area contributed by atoms with Gasteiger partial charge in [0.1, 0.15) is 0 Å². The van der Waals surface area contributed by atoms with Crippen LogP contribution < -0.4 is 0 Å². The van der Waals surface area contributed by atoms with Crippen molar-refractivity contribution in [3.63, 3.8) is 0 Å². The Morgan fingerprint density at radius 1 is 1.33 bits per heavy atom. The molecule has 2 heteroatoms. The SMILES string of the molecule is CC(=O)c1cn(C2CC2)c2ccccc12. The van der Waals surface area contributed by atoms with E-state index in [0.29, 0.717) is 6.04 Å². The van der Waals surface area contributed by atoms with Gasteiger partial charge in [0.05, 0.1) is 0 Å². The van der Waals surface area contributed by atoms with E-state index in [0.717, 1.165) is 10.9 Å². The number of hydrogen-bond donors (Lipinski definition) is 0. The van der Waals surface area contributed by atoms with Gasteiger partial charge in [0.25, 0.3) is 0 Å². The molecule has 0 radical (unpaired) electrons. The standard InChI is InChI=1S/C13H13NO/c1-9(15)12-8-14(10-6-7-10)13-5-3-2-4-11(12)13/h2-5,8,10H,6-7H2,1H3. The van der Waals surface area contributed by atoms with Crippen molar-refractivity contribution in [3.05, 3.63) is 36.0 Å². The number of carbonyl (C=O) groups is 1. The average molecular weight is 199 g/mol. The predicted molar refractivity (Wildman–Crippen MR) is 60.2 cm³/mol. The highest BCUT2D eigenvalue weighted by molar-refractivity contribution is 6.07. The first-order valence-electron chi connectivity index (χ1n) is 5.38. The summed E-state index contributed by atoms with van der Waals surface area (Å²) in [6.45, 7) is 1.64. The summed E-state index contributed by atoms with van der Waals surface area (Å²) in [7, 11) is 0. The zero-order valence-electron chi connectivity index (χ0n) is 8.73. The molecular formula is C13H13NO. The summed E-state index contributed by atoms with van der Waals surface area (Å²) >= 11 is 0. The number of fused-ring (bicyclic) bond motifs is 1. The molecule has 1 aromatic heterocycles. The van der Waals surface area contributed by atoms with Crippen molar-refractivity contribution in [1.29, 1.82) is 0 Å². The summed E-state index contributed by atoms with van der Waals surface area (Å²) in [6.07, 6.45) is 4.51. The number of hydrogen-bond acceptors (Lipinski definition) is 1. The molecule has 2 aromatic rings. The number of ketones is 1. The maximum atomic E-state index is 11.5. The fourth-order valence-corrected chi connectivity index (χ4v) is 2.14. The number of nitrogens with zero attached hydrogens (tertiary/aromatic N) is 1. The lowest BCUT2D eigenvalue weighted by Crippen LogP contribution is -1.91. The van der Waals surface area contributed by atoms with Crippen LogP contribution >= 0.6 is 0 Å². The molecule has 3 rings (SSSR count). The number of benzene rings is 1. The topological polar surface area (TPSA) is 22.0 Å². The number of Topliss-reactive ketones (excluding diaryl/α,β-unsaturated/α-hetero) is 1. The summed E-state index contributed by atoms with van der Waals surface area (Å²) in [5.41, 5.74) is 2.06. The molecule has 0 aliphatic heterocycles. The van der Waals surface area contributed by atoms with Gasteiger partial charge in [0.15, 0.2) is 5.78 Å². The fraction of sp³-hybridized carbons (Fsp3) is 0.308. The Labute approximate surface area is 88.5 Å². The van der Waals surface area contributed by atoms with Crippen molar-refractivity contribution in [2.75, 3.05) is 0 Å². The Kier molecular flexibility index (Phi) is 1.72. The second kappa shape index (κ2) is 2.96. The molecule has 1 saturated carbocycles. The molecule has 1 aliphatic rings. The Morgan fingerprint density at radius 2 is 2.07 bits per heavy atom. The van der Waals surface area contributed by atoms with E-state index in [2.05, 4.69) is 10.6 Å². The molecule has 15 heavy (non-hydrogen) atoms. The van der Waals surface area contributed by atoms with Crippen LogP contribution in [0, 0.1) is 0 Å². The van der Waals surface area contributed by atoms with Gasteiger partial charge in [-0.25, -0.2) is 0 Å². The molecule has 1 aromatic carbocycles. The summed E-state index contributed by atoms with van der Waals surface area (Å²) in [4.78, 5) is 11.5. The van der Waals surface area contributed by atoms with Crippen molar-refractivity contribution in [2.24, 2.45) is 0 Å². The summed E-state index contributed by atoms with van der Waals surface area (Å²) in [5, 5.41) is 1.09. The quantitative estimate of drug-likeness (QED) is 0.681. The molecule has 0 saturated heterocycles. The van der Waals surface area contributed by atoms with E-state index in [4.69, 9.17) is 0 Å². The van der Waals surface area contributed by atoms with Crippen LogP contribution in [0.4, 0.5) is 0 Å². The minimum absolute atomic E-state index is 0.158. The maximum Gasteiger partial charge on any atom is 0.161 e. The zero-order chi connectivity index (χ0) is 10.4. The van der Waals surface area contributed by atoms with Gasteiger partial charge < -0.3 is 4.57 Å². The second-order valence-corrected chi connectivity index (χ2v) is 4.25. The second-order valence-electron chi connectivity index (χ2n) is 4.25. The van der Waals surface area contributed by atoms with E-state index >= 15 is 0 Å². The lowest BCUT2D eigenvalue weighted by molar-refractivity contribution is 0.101. The molecule has 0 spiro atoms. The van der Waals surface area contributed by atoms with Gasteiger partial charge in [-0.3, -0.25) is 4.79 Å². The monoisotopic (exact) mass is 199 g/mol. The highest BCUT2D eigenvalue weighted by Crippen LogP contribution is 2.38. The first-order valence-corrected chi connectivity index (χ1v) is 5.38.